The molecule has 0 bridgehead atoms. The normalized spacial score (nSPS) is 16.5. The molecule has 1 saturated heterocycles. The van der Waals surface area contributed by atoms with Gasteiger partial charge >= 0.3 is 12.1 Å². The Morgan fingerprint density at radius 3 is 2.46 bits per heavy atom. The summed E-state index contributed by atoms with van der Waals surface area (Å²) < 4.78 is 31.7. The first-order chi connectivity index (χ1) is 13.1. The van der Waals surface area contributed by atoms with Gasteiger partial charge in [0.1, 0.15) is 5.69 Å². The van der Waals surface area contributed by atoms with E-state index in [9.17, 15) is 13.2 Å². The molecular formula is C18H19F3N4O2S. The van der Waals surface area contributed by atoms with Crippen LogP contribution in [-0.4, -0.2) is 45.3 Å². The molecular weight excluding hydrogens is 393 g/mol. The maximum absolute atomic E-state index is 10.6. The van der Waals surface area contributed by atoms with Crippen LogP contribution in [0.4, 0.5) is 19.1 Å². The Morgan fingerprint density at radius 2 is 1.96 bits per heavy atom. The fourth-order valence-electron chi connectivity index (χ4n) is 2.48. The summed E-state index contributed by atoms with van der Waals surface area (Å²) in [6.45, 7) is 6.35. The first-order valence-electron chi connectivity index (χ1n) is 8.46. The van der Waals surface area contributed by atoms with Gasteiger partial charge in [-0.1, -0.05) is 12.8 Å². The number of halogens is 3. The van der Waals surface area contributed by atoms with E-state index in [1.165, 1.54) is 12.8 Å². The van der Waals surface area contributed by atoms with Crippen LogP contribution in [0.25, 0.3) is 0 Å². The van der Waals surface area contributed by atoms with Crippen LogP contribution in [0.3, 0.4) is 0 Å². The summed E-state index contributed by atoms with van der Waals surface area (Å²) in [5, 5.41) is 10.1. The van der Waals surface area contributed by atoms with E-state index >= 15 is 0 Å². The first kappa shape index (κ1) is 21.6. The molecule has 3 rings (SSSR count). The molecule has 0 aromatic carbocycles. The molecule has 1 atom stereocenters. The second-order valence-electron chi connectivity index (χ2n) is 6.27. The Morgan fingerprint density at radius 1 is 1.32 bits per heavy atom. The van der Waals surface area contributed by atoms with Crippen LogP contribution >= 0.6 is 11.3 Å². The van der Waals surface area contributed by atoms with Crippen molar-refractivity contribution in [2.45, 2.75) is 32.9 Å². The molecule has 0 amide bonds. The lowest BCUT2D eigenvalue weighted by Crippen LogP contribution is -2.35. The number of carbonyl (C=O) groups is 1. The maximum atomic E-state index is 10.6. The van der Waals surface area contributed by atoms with Crippen molar-refractivity contribution in [1.82, 2.24) is 15.0 Å². The molecule has 2 aromatic heterocycles. The van der Waals surface area contributed by atoms with Crippen LogP contribution in [-0.2, 0) is 4.79 Å². The fourth-order valence-corrected chi connectivity index (χ4v) is 3.02. The van der Waals surface area contributed by atoms with Gasteiger partial charge in [0.2, 0.25) is 5.95 Å². The molecule has 0 radical (unpaired) electrons. The zero-order valence-electron chi connectivity index (χ0n) is 15.3. The summed E-state index contributed by atoms with van der Waals surface area (Å²) >= 11 is 1.61. The Labute approximate surface area is 164 Å². The van der Waals surface area contributed by atoms with E-state index in [0.717, 1.165) is 41.2 Å². The summed E-state index contributed by atoms with van der Waals surface area (Å²) in [6.07, 6.45) is 1.03. The minimum absolute atomic E-state index is 0.717. The second-order valence-corrected chi connectivity index (χ2v) is 7.33. The number of carboxylic acid groups (broad SMARTS) is 1. The van der Waals surface area contributed by atoms with Crippen LogP contribution in [0.1, 0.15) is 36.0 Å². The van der Waals surface area contributed by atoms with Gasteiger partial charge in [-0.3, -0.25) is 0 Å². The number of thiazole rings is 1. The van der Waals surface area contributed by atoms with Gasteiger partial charge in [-0.2, -0.15) is 13.2 Å². The summed E-state index contributed by atoms with van der Waals surface area (Å²) in [5.74, 6) is 4.88. The number of nitrogens with zero attached hydrogens (tertiary/aromatic N) is 4. The van der Waals surface area contributed by atoms with E-state index < -0.39 is 12.1 Å². The van der Waals surface area contributed by atoms with E-state index in [0.29, 0.717) is 0 Å². The summed E-state index contributed by atoms with van der Waals surface area (Å²) in [4.78, 5) is 24.4. The minimum Gasteiger partial charge on any atom is -0.475 e. The maximum Gasteiger partial charge on any atom is 0.490 e. The number of aryl methyl sites for hydroxylation is 1. The smallest absolute Gasteiger partial charge is 0.475 e. The monoisotopic (exact) mass is 412 g/mol. The third-order valence-electron chi connectivity index (χ3n) is 3.77. The molecule has 1 aliphatic heterocycles. The second kappa shape index (κ2) is 9.50. The van der Waals surface area contributed by atoms with Crippen LogP contribution in [0, 0.1) is 24.7 Å². The Bertz CT molecular complexity index is 856. The Hall–Kier alpha value is -2.67. The molecule has 10 heteroatoms. The van der Waals surface area contributed by atoms with Crippen molar-refractivity contribution in [2.24, 2.45) is 5.92 Å². The quantitative estimate of drug-likeness (QED) is 0.722. The zero-order valence-corrected chi connectivity index (χ0v) is 16.1. The van der Waals surface area contributed by atoms with E-state index in [1.807, 2.05) is 12.3 Å². The highest BCUT2D eigenvalue weighted by Crippen LogP contribution is 2.19. The molecule has 3 heterocycles. The third kappa shape index (κ3) is 6.81. The third-order valence-corrected chi connectivity index (χ3v) is 4.55. The van der Waals surface area contributed by atoms with Gasteiger partial charge in [-0.05, 0) is 31.6 Å². The average molecular weight is 412 g/mol. The number of piperidine rings is 1. The van der Waals surface area contributed by atoms with Crippen molar-refractivity contribution in [3.8, 4) is 11.8 Å². The number of anilines is 1. The zero-order chi connectivity index (χ0) is 20.7. The van der Waals surface area contributed by atoms with Crippen molar-refractivity contribution >= 4 is 23.3 Å². The number of hydrogen-bond acceptors (Lipinski definition) is 6. The topological polar surface area (TPSA) is 79.2 Å². The number of carboxylic acids is 1. The fraction of sp³-hybridized carbons (Fsp3) is 0.444. The minimum atomic E-state index is -5.08. The first-order valence-corrected chi connectivity index (χ1v) is 9.34. The predicted octanol–water partition coefficient (Wildman–Crippen LogP) is 3.51. The molecule has 1 N–H and O–H groups in total. The molecule has 0 spiro atoms. The van der Waals surface area contributed by atoms with Gasteiger partial charge in [-0.15, -0.1) is 11.3 Å². The molecule has 2 aromatic rings. The van der Waals surface area contributed by atoms with E-state index in [1.54, 1.807) is 23.7 Å². The SMILES string of the molecule is Cc1nc(C#Cc2cnc(N3CCCC(C)C3)nc2)cs1.O=C(O)C(F)(F)F. The van der Waals surface area contributed by atoms with Crippen LogP contribution in [0.5, 0.6) is 0 Å². The van der Waals surface area contributed by atoms with E-state index in [2.05, 4.69) is 38.6 Å². The van der Waals surface area contributed by atoms with Crippen molar-refractivity contribution in [1.29, 1.82) is 0 Å². The van der Waals surface area contributed by atoms with Crippen LogP contribution < -0.4 is 4.90 Å². The number of hydrogen-bond donors (Lipinski definition) is 1. The van der Waals surface area contributed by atoms with Crippen LogP contribution in [0.2, 0.25) is 0 Å². The Kier molecular flexibility index (Phi) is 7.34. The molecule has 0 saturated carbocycles. The summed E-state index contributed by atoms with van der Waals surface area (Å²) in [6, 6.07) is 0. The van der Waals surface area contributed by atoms with Gasteiger partial charge in [0.15, 0.2) is 0 Å². The standard InChI is InChI=1S/C16H18N4S.C2HF3O2/c1-12-4-3-7-20(10-12)16-17-8-14(9-18-16)5-6-15-11-21-13(2)19-15;3-2(4,5)1(6)7/h8-9,11-12H,3-4,7,10H2,1-2H3;(H,6,7). The van der Waals surface area contributed by atoms with Gasteiger partial charge in [0, 0.05) is 30.9 Å². The average Bonchev–Trinajstić information content (AvgIpc) is 3.05. The van der Waals surface area contributed by atoms with Crippen LogP contribution in [0.15, 0.2) is 17.8 Å². The van der Waals surface area contributed by atoms with Gasteiger partial charge in [0.25, 0.3) is 0 Å². The molecule has 0 aliphatic carbocycles. The van der Waals surface area contributed by atoms with Crippen molar-refractivity contribution < 1.29 is 23.1 Å². The molecule has 150 valence electrons. The van der Waals surface area contributed by atoms with E-state index in [4.69, 9.17) is 9.90 Å². The van der Waals surface area contributed by atoms with Crippen molar-refractivity contribution in [3.63, 3.8) is 0 Å². The highest BCUT2D eigenvalue weighted by molar-refractivity contribution is 7.09. The van der Waals surface area contributed by atoms with E-state index in [-0.39, 0.29) is 0 Å². The molecule has 28 heavy (non-hydrogen) atoms. The summed E-state index contributed by atoms with van der Waals surface area (Å²) in [7, 11) is 0. The Balaban J connectivity index is 0.000000345. The number of alkyl halides is 3. The number of rotatable bonds is 1. The molecule has 6 nitrogen and oxygen atoms in total. The molecule has 1 fully saturated rings. The lowest BCUT2D eigenvalue weighted by molar-refractivity contribution is -0.192. The summed E-state index contributed by atoms with van der Waals surface area (Å²) in [5.41, 5.74) is 1.64. The highest BCUT2D eigenvalue weighted by Gasteiger charge is 2.38. The van der Waals surface area contributed by atoms with Crippen molar-refractivity contribution in [3.05, 3.63) is 34.0 Å². The lowest BCUT2D eigenvalue weighted by atomic mass is 10.0. The van der Waals surface area contributed by atoms with Gasteiger partial charge < -0.3 is 10.0 Å². The largest absolute Gasteiger partial charge is 0.490 e. The lowest BCUT2D eigenvalue weighted by Gasteiger charge is -2.30. The predicted molar refractivity (Wildman–Crippen MR) is 99.2 cm³/mol. The number of aromatic nitrogens is 3. The van der Waals surface area contributed by atoms with Gasteiger partial charge in [-0.25, -0.2) is 19.7 Å². The number of aliphatic carboxylic acids is 1. The highest BCUT2D eigenvalue weighted by atomic mass is 32.1. The molecule has 1 unspecified atom stereocenters. The van der Waals surface area contributed by atoms with Crippen molar-refractivity contribution in [2.75, 3.05) is 18.0 Å². The van der Waals surface area contributed by atoms with Gasteiger partial charge in [0.05, 0.1) is 10.6 Å². The molecule has 1 aliphatic rings.